The van der Waals surface area contributed by atoms with E-state index in [9.17, 15) is 10.1 Å². The van der Waals surface area contributed by atoms with Gasteiger partial charge in [0.1, 0.15) is 12.7 Å². The Bertz CT molecular complexity index is 1670. The van der Waals surface area contributed by atoms with E-state index < -0.39 is 4.92 Å². The number of thiocarbonyl (C=S) groups is 1. The van der Waals surface area contributed by atoms with Crippen LogP contribution in [0.25, 0.3) is 0 Å². The van der Waals surface area contributed by atoms with E-state index in [0.717, 1.165) is 38.1 Å². The number of nitrogens with one attached hydrogen (secondary N) is 1. The van der Waals surface area contributed by atoms with E-state index in [0.29, 0.717) is 5.11 Å². The number of rotatable bonds is 7. The number of benzene rings is 2. The van der Waals surface area contributed by atoms with Crippen LogP contribution in [0.3, 0.4) is 0 Å². The number of anilines is 1. The Balaban J connectivity index is 1.36. The molecule has 10 nitrogen and oxygen atoms in total. The van der Waals surface area contributed by atoms with E-state index in [1.54, 1.807) is 42.7 Å². The summed E-state index contributed by atoms with van der Waals surface area (Å²) in [6.07, 6.45) is 5.15. The molecule has 1 aliphatic heterocycles. The molecular formula is C28H24N8O2S2. The summed E-state index contributed by atoms with van der Waals surface area (Å²) in [7, 11) is 0. The summed E-state index contributed by atoms with van der Waals surface area (Å²) in [5.74, 6) is 0. The van der Waals surface area contributed by atoms with Gasteiger partial charge in [-0.15, -0.1) is 10.2 Å². The molecule has 1 saturated heterocycles. The first kappa shape index (κ1) is 25.7. The summed E-state index contributed by atoms with van der Waals surface area (Å²) in [6.45, 7) is 4.14. The second-order valence-electron chi connectivity index (χ2n) is 9.32. The molecule has 40 heavy (non-hydrogen) atoms. The third kappa shape index (κ3) is 4.71. The average molecular weight is 569 g/mol. The van der Waals surface area contributed by atoms with Crippen LogP contribution in [0, 0.1) is 24.0 Å². The first-order chi connectivity index (χ1) is 19.4. The molecule has 0 unspecified atom stereocenters. The van der Waals surface area contributed by atoms with E-state index in [1.807, 2.05) is 35.0 Å². The molecule has 1 aliphatic rings. The first-order valence-electron chi connectivity index (χ1n) is 12.5. The quantitative estimate of drug-likeness (QED) is 0.152. The number of nitrogens with zero attached hydrogens (tertiary/aromatic N) is 7. The van der Waals surface area contributed by atoms with Crippen molar-refractivity contribution in [1.29, 1.82) is 0 Å². The lowest BCUT2D eigenvalue weighted by atomic mass is 9.96. The Morgan fingerprint density at radius 3 is 2.27 bits per heavy atom. The SMILES string of the molecule is Cc1cc([C@H]2[C@@H](c3ccccn3)NC(=S)N2c2ccc(Sc3ccc([N+](=O)[O-])cc3)cc2)c(C)n1-n1cnnc1. The standard InChI is InChI=1S/C28H24N8O2S2/c1-18-15-24(19(2)35(18)33-16-30-31-17-33)27-26(25-5-3-4-14-29-25)32-28(39)34(27)20-6-10-22(11-7-20)40-23-12-8-21(9-13-23)36(37)38/h3-17,26-27H,1-2H3,(H,32,39)/t26-,27+/m1/s1. The van der Waals surface area contributed by atoms with Crippen molar-refractivity contribution in [2.45, 2.75) is 35.7 Å². The highest BCUT2D eigenvalue weighted by Gasteiger charge is 2.42. The molecule has 5 aromatic rings. The van der Waals surface area contributed by atoms with Gasteiger partial charge in [0.25, 0.3) is 5.69 Å². The zero-order valence-corrected chi connectivity index (χ0v) is 23.2. The summed E-state index contributed by atoms with van der Waals surface area (Å²) in [5.41, 5.74) is 5.12. The third-order valence-electron chi connectivity index (χ3n) is 6.89. The minimum absolute atomic E-state index is 0.0758. The van der Waals surface area contributed by atoms with Crippen molar-refractivity contribution < 1.29 is 4.92 Å². The van der Waals surface area contributed by atoms with Gasteiger partial charge >= 0.3 is 0 Å². The Hall–Kier alpha value is -4.55. The Labute approximate surface area is 239 Å². The number of non-ortho nitro benzene ring substituents is 1. The van der Waals surface area contributed by atoms with E-state index in [-0.39, 0.29) is 17.8 Å². The molecule has 1 N–H and O–H groups in total. The number of aryl methyl sites for hydroxylation is 1. The van der Waals surface area contributed by atoms with Gasteiger partial charge in [0, 0.05) is 50.8 Å². The highest BCUT2D eigenvalue weighted by molar-refractivity contribution is 7.99. The lowest BCUT2D eigenvalue weighted by Gasteiger charge is -2.28. The smallest absolute Gasteiger partial charge is 0.269 e. The van der Waals surface area contributed by atoms with Crippen LogP contribution in [0.4, 0.5) is 11.4 Å². The van der Waals surface area contributed by atoms with Crippen LogP contribution in [0.1, 0.15) is 34.7 Å². The number of hydrogen-bond acceptors (Lipinski definition) is 7. The van der Waals surface area contributed by atoms with Crippen LogP contribution in [0.15, 0.2) is 101 Å². The Morgan fingerprint density at radius 2 is 1.65 bits per heavy atom. The molecule has 200 valence electrons. The molecule has 2 atom stereocenters. The maximum absolute atomic E-state index is 11.0. The highest BCUT2D eigenvalue weighted by Crippen LogP contribution is 2.43. The van der Waals surface area contributed by atoms with Gasteiger partial charge in [-0.2, -0.15) is 0 Å². The fraction of sp³-hybridized carbons (Fsp3) is 0.143. The topological polar surface area (TPSA) is 107 Å². The van der Waals surface area contributed by atoms with Gasteiger partial charge in [-0.1, -0.05) is 17.8 Å². The normalized spacial score (nSPS) is 16.8. The van der Waals surface area contributed by atoms with Crippen LogP contribution in [-0.4, -0.2) is 34.6 Å². The molecule has 1 fully saturated rings. The van der Waals surface area contributed by atoms with Crippen molar-refractivity contribution in [3.8, 4) is 0 Å². The van der Waals surface area contributed by atoms with E-state index >= 15 is 0 Å². The van der Waals surface area contributed by atoms with Crippen molar-refractivity contribution in [2.75, 3.05) is 4.90 Å². The lowest BCUT2D eigenvalue weighted by Crippen LogP contribution is -2.29. The molecule has 12 heteroatoms. The number of hydrogen-bond donors (Lipinski definition) is 1. The first-order valence-corrected chi connectivity index (χ1v) is 13.7. The Morgan fingerprint density at radius 1 is 0.975 bits per heavy atom. The summed E-state index contributed by atoms with van der Waals surface area (Å²) < 4.78 is 3.94. The summed E-state index contributed by atoms with van der Waals surface area (Å²) >= 11 is 7.45. The van der Waals surface area contributed by atoms with Gasteiger partial charge in [0.15, 0.2) is 5.11 Å². The second-order valence-corrected chi connectivity index (χ2v) is 10.9. The molecule has 0 saturated carbocycles. The largest absolute Gasteiger partial charge is 0.351 e. The van der Waals surface area contributed by atoms with Crippen molar-refractivity contribution in [3.63, 3.8) is 0 Å². The number of nitro groups is 1. The minimum atomic E-state index is -0.394. The molecule has 4 heterocycles. The fourth-order valence-corrected chi connectivity index (χ4v) is 6.29. The minimum Gasteiger partial charge on any atom is -0.351 e. The molecule has 0 amide bonds. The van der Waals surface area contributed by atoms with Crippen LogP contribution >= 0.6 is 24.0 Å². The van der Waals surface area contributed by atoms with E-state index in [1.165, 1.54) is 12.1 Å². The monoisotopic (exact) mass is 568 g/mol. The van der Waals surface area contributed by atoms with Gasteiger partial charge < -0.3 is 10.2 Å². The van der Waals surface area contributed by atoms with Crippen LogP contribution < -0.4 is 10.2 Å². The molecule has 0 bridgehead atoms. The molecule has 2 aromatic carbocycles. The predicted octanol–water partition coefficient (Wildman–Crippen LogP) is 5.64. The van der Waals surface area contributed by atoms with Crippen molar-refractivity contribution in [3.05, 3.63) is 124 Å². The summed E-state index contributed by atoms with van der Waals surface area (Å²) in [5, 5.41) is 23.1. The third-order valence-corrected chi connectivity index (χ3v) is 8.22. The van der Waals surface area contributed by atoms with Gasteiger partial charge in [0.05, 0.1) is 22.7 Å². The summed E-state index contributed by atoms with van der Waals surface area (Å²) in [6, 6.07) is 22.5. The van der Waals surface area contributed by atoms with Gasteiger partial charge in [-0.25, -0.2) is 4.68 Å². The van der Waals surface area contributed by atoms with Crippen molar-refractivity contribution >= 4 is 40.5 Å². The molecule has 0 spiro atoms. The number of nitro benzene ring substituents is 1. The average Bonchev–Trinajstić information content (AvgIpc) is 3.67. The van der Waals surface area contributed by atoms with Crippen molar-refractivity contribution in [1.82, 2.24) is 29.9 Å². The zero-order chi connectivity index (χ0) is 27.8. The maximum Gasteiger partial charge on any atom is 0.269 e. The molecule has 3 aromatic heterocycles. The number of aromatic nitrogens is 5. The number of pyridine rings is 1. The summed E-state index contributed by atoms with van der Waals surface area (Å²) in [4.78, 5) is 19.3. The van der Waals surface area contributed by atoms with Crippen molar-refractivity contribution in [2.24, 2.45) is 0 Å². The van der Waals surface area contributed by atoms with Gasteiger partial charge in [-0.05, 0) is 80.7 Å². The lowest BCUT2D eigenvalue weighted by molar-refractivity contribution is -0.384. The second kappa shape index (κ2) is 10.5. The molecule has 6 rings (SSSR count). The molecule has 0 radical (unpaired) electrons. The molecule has 0 aliphatic carbocycles. The van der Waals surface area contributed by atoms with E-state index in [2.05, 4.69) is 62.1 Å². The van der Waals surface area contributed by atoms with Gasteiger partial charge in [-0.3, -0.25) is 19.8 Å². The van der Waals surface area contributed by atoms with Crippen LogP contribution in [-0.2, 0) is 0 Å². The zero-order valence-electron chi connectivity index (χ0n) is 21.6. The van der Waals surface area contributed by atoms with Crippen LogP contribution in [0.2, 0.25) is 0 Å². The van der Waals surface area contributed by atoms with Gasteiger partial charge in [0.2, 0.25) is 0 Å². The molecular weight excluding hydrogens is 544 g/mol. The van der Waals surface area contributed by atoms with Crippen LogP contribution in [0.5, 0.6) is 0 Å². The fourth-order valence-electron chi connectivity index (χ4n) is 5.13. The van der Waals surface area contributed by atoms with E-state index in [4.69, 9.17) is 12.2 Å². The highest BCUT2D eigenvalue weighted by atomic mass is 32.2. The maximum atomic E-state index is 11.0. The predicted molar refractivity (Wildman–Crippen MR) is 156 cm³/mol. The Kier molecular flexibility index (Phi) is 6.78.